The summed E-state index contributed by atoms with van der Waals surface area (Å²) in [5.41, 5.74) is 2.39. The number of morpholine rings is 1. The summed E-state index contributed by atoms with van der Waals surface area (Å²) < 4.78 is 22.6. The number of hydrogen-bond donors (Lipinski definition) is 3. The Balaban J connectivity index is 1.35. The van der Waals surface area contributed by atoms with Crippen molar-refractivity contribution in [1.29, 1.82) is 0 Å². The van der Waals surface area contributed by atoms with E-state index in [0.717, 1.165) is 37.7 Å². The number of nitrogens with one attached hydrogen (secondary N) is 3. The third-order valence-corrected chi connectivity index (χ3v) is 6.10. The number of hydrogen-bond acceptors (Lipinski definition) is 10. The highest BCUT2D eigenvalue weighted by molar-refractivity contribution is 7.90. The van der Waals surface area contributed by atoms with Crippen LogP contribution < -0.4 is 25.6 Å². The molecular weight excluding hydrogens is 482 g/mol. The predicted molar refractivity (Wildman–Crippen MR) is 139 cm³/mol. The molecule has 1 aromatic carbocycles. The minimum absolute atomic E-state index is 0.207. The van der Waals surface area contributed by atoms with Gasteiger partial charge >= 0.3 is 5.16 Å². The monoisotopic (exact) mass is 511 g/mol. The van der Waals surface area contributed by atoms with Gasteiger partial charge in [-0.1, -0.05) is 0 Å². The minimum atomic E-state index is -1.37. The van der Waals surface area contributed by atoms with E-state index < -0.39 is 11.2 Å². The third kappa shape index (κ3) is 6.97. The molecule has 0 saturated carbocycles. The minimum Gasteiger partial charge on any atom is -0.609 e. The number of carbonyl (C=O) groups excluding carboxylic acids is 1. The number of anilines is 4. The lowest BCUT2D eigenvalue weighted by Crippen LogP contribution is -2.36. The molecule has 3 aromatic rings. The van der Waals surface area contributed by atoms with E-state index in [1.807, 2.05) is 24.3 Å². The van der Waals surface area contributed by atoms with Crippen LogP contribution in [-0.4, -0.2) is 78.2 Å². The third-order valence-electron chi connectivity index (χ3n) is 5.41. The van der Waals surface area contributed by atoms with Crippen LogP contribution in [0.25, 0.3) is 0 Å². The van der Waals surface area contributed by atoms with Crippen molar-refractivity contribution in [1.82, 2.24) is 20.3 Å². The molecule has 0 bridgehead atoms. The zero-order valence-electron chi connectivity index (χ0n) is 20.2. The van der Waals surface area contributed by atoms with Crippen LogP contribution in [0.3, 0.4) is 0 Å². The summed E-state index contributed by atoms with van der Waals surface area (Å²) in [5.74, 6) is 1.27. The molecule has 1 unspecified atom stereocenters. The number of pyridine rings is 1. The molecule has 3 heterocycles. The topological polar surface area (TPSA) is 137 Å². The number of nitrogens with zero attached hydrogens (tertiary/aromatic N) is 4. The second kappa shape index (κ2) is 12.4. The number of aromatic nitrogens is 3. The second-order valence-corrected chi connectivity index (χ2v) is 9.22. The van der Waals surface area contributed by atoms with Gasteiger partial charge in [0.25, 0.3) is 5.91 Å². The first-order chi connectivity index (χ1) is 17.5. The Morgan fingerprint density at radius 3 is 2.58 bits per heavy atom. The van der Waals surface area contributed by atoms with Crippen LogP contribution in [0.5, 0.6) is 5.75 Å². The molecule has 11 nitrogen and oxygen atoms in total. The van der Waals surface area contributed by atoms with E-state index in [9.17, 15) is 9.35 Å². The Kier molecular flexibility index (Phi) is 8.76. The van der Waals surface area contributed by atoms with E-state index in [0.29, 0.717) is 36.0 Å². The van der Waals surface area contributed by atoms with Gasteiger partial charge in [0.1, 0.15) is 23.6 Å². The average Bonchev–Trinajstić information content (AvgIpc) is 2.92. The highest BCUT2D eigenvalue weighted by Crippen LogP contribution is 2.23. The quantitative estimate of drug-likeness (QED) is 0.211. The molecule has 1 saturated heterocycles. The van der Waals surface area contributed by atoms with E-state index in [2.05, 4.69) is 35.8 Å². The molecule has 12 heteroatoms. The summed E-state index contributed by atoms with van der Waals surface area (Å²) in [6.45, 7) is 3.96. The molecular formula is C24H29N7O4S. The number of rotatable bonds is 10. The van der Waals surface area contributed by atoms with Crippen molar-refractivity contribution >= 4 is 40.1 Å². The van der Waals surface area contributed by atoms with Gasteiger partial charge in [-0.15, -0.1) is 0 Å². The van der Waals surface area contributed by atoms with Crippen molar-refractivity contribution in [2.24, 2.45) is 0 Å². The lowest BCUT2D eigenvalue weighted by molar-refractivity contribution is 0.0954. The molecule has 0 aliphatic carbocycles. The van der Waals surface area contributed by atoms with Crippen molar-refractivity contribution < 1.29 is 18.8 Å². The highest BCUT2D eigenvalue weighted by atomic mass is 32.2. The van der Waals surface area contributed by atoms with Crippen LogP contribution in [0.2, 0.25) is 0 Å². The van der Waals surface area contributed by atoms with Crippen LogP contribution in [0.1, 0.15) is 10.4 Å². The van der Waals surface area contributed by atoms with Gasteiger partial charge in [-0.2, -0.15) is 9.97 Å². The zero-order chi connectivity index (χ0) is 25.3. The van der Waals surface area contributed by atoms with Crippen molar-refractivity contribution in [3.63, 3.8) is 0 Å². The molecule has 4 rings (SSSR count). The van der Waals surface area contributed by atoms with Crippen LogP contribution in [0, 0.1) is 0 Å². The zero-order valence-corrected chi connectivity index (χ0v) is 21.0. The Hall–Kier alpha value is -3.61. The van der Waals surface area contributed by atoms with E-state index in [4.69, 9.17) is 9.47 Å². The lowest BCUT2D eigenvalue weighted by atomic mass is 10.2. The molecule has 1 atom stereocenters. The summed E-state index contributed by atoms with van der Waals surface area (Å²) in [4.78, 5) is 27.3. The number of ether oxygens (including phenoxy) is 2. The standard InChI is InChI=1S/C24H29N7O4S/c1-34-20-13-17(15-25-16-20)23(32)27-8-7-26-21-14-22(30-24(29-21)36(2)33)28-18-3-5-19(6-4-18)31-9-11-35-12-10-31/h3-6,13-16H,7-12H2,1-2H3,(H,27,32)(H2,26,28,29,30). The van der Waals surface area contributed by atoms with Crippen molar-refractivity contribution in [2.45, 2.75) is 5.16 Å². The maximum absolute atomic E-state index is 12.3. The van der Waals surface area contributed by atoms with Crippen molar-refractivity contribution in [3.8, 4) is 5.75 Å². The highest BCUT2D eigenvalue weighted by Gasteiger charge is 2.14. The summed E-state index contributed by atoms with van der Waals surface area (Å²) in [6.07, 6.45) is 4.54. The Labute approximate surface area is 212 Å². The van der Waals surface area contributed by atoms with Crippen LogP contribution >= 0.6 is 0 Å². The van der Waals surface area contributed by atoms with E-state index in [-0.39, 0.29) is 11.1 Å². The summed E-state index contributed by atoms with van der Waals surface area (Å²) in [7, 11) is 1.52. The van der Waals surface area contributed by atoms with Gasteiger partial charge in [-0.3, -0.25) is 9.78 Å². The van der Waals surface area contributed by atoms with Gasteiger partial charge < -0.3 is 34.9 Å². The summed E-state index contributed by atoms with van der Waals surface area (Å²) >= 11 is -1.37. The number of benzene rings is 1. The second-order valence-electron chi connectivity index (χ2n) is 7.94. The molecule has 1 aliphatic rings. The molecule has 1 aliphatic heterocycles. The lowest BCUT2D eigenvalue weighted by Gasteiger charge is -2.28. The summed E-state index contributed by atoms with van der Waals surface area (Å²) in [5, 5.41) is 9.43. The molecule has 36 heavy (non-hydrogen) atoms. The number of methoxy groups -OCH3 is 1. The predicted octanol–water partition coefficient (Wildman–Crippen LogP) is 2.04. The largest absolute Gasteiger partial charge is 0.609 e. The normalized spacial score (nSPS) is 14.1. The number of carbonyl (C=O) groups is 1. The Bertz CT molecular complexity index is 1160. The maximum Gasteiger partial charge on any atom is 0.346 e. The van der Waals surface area contributed by atoms with Crippen LogP contribution in [0.4, 0.5) is 23.0 Å². The van der Waals surface area contributed by atoms with E-state index in [1.165, 1.54) is 25.8 Å². The number of amides is 1. The molecule has 3 N–H and O–H groups in total. The Morgan fingerprint density at radius 1 is 1.11 bits per heavy atom. The van der Waals surface area contributed by atoms with Crippen LogP contribution in [0.15, 0.2) is 53.9 Å². The van der Waals surface area contributed by atoms with Gasteiger partial charge in [0.2, 0.25) is 0 Å². The fourth-order valence-electron chi connectivity index (χ4n) is 3.56. The van der Waals surface area contributed by atoms with Gasteiger partial charge in [0, 0.05) is 61.0 Å². The Morgan fingerprint density at radius 2 is 1.86 bits per heavy atom. The fourth-order valence-corrected chi connectivity index (χ4v) is 4.01. The maximum atomic E-state index is 12.3. The van der Waals surface area contributed by atoms with Crippen molar-refractivity contribution in [2.75, 3.05) is 68.3 Å². The van der Waals surface area contributed by atoms with E-state index >= 15 is 0 Å². The molecule has 190 valence electrons. The first-order valence-electron chi connectivity index (χ1n) is 11.5. The SMILES string of the molecule is COc1cncc(C(=O)NCCNc2cc(Nc3ccc(N4CCOCC4)cc3)nc([S+](C)[O-])n2)c1. The molecule has 2 aromatic heterocycles. The fraction of sp³-hybridized carbons (Fsp3) is 0.333. The van der Waals surface area contributed by atoms with Crippen molar-refractivity contribution in [3.05, 3.63) is 54.4 Å². The van der Waals surface area contributed by atoms with Gasteiger partial charge in [-0.05, 0) is 30.3 Å². The first-order valence-corrected chi connectivity index (χ1v) is 13.0. The van der Waals surface area contributed by atoms with Crippen LogP contribution in [-0.2, 0) is 15.9 Å². The molecule has 1 fully saturated rings. The first kappa shape index (κ1) is 25.5. The van der Waals surface area contributed by atoms with E-state index in [1.54, 1.807) is 12.1 Å². The average molecular weight is 512 g/mol. The van der Waals surface area contributed by atoms with Gasteiger partial charge in [-0.25, -0.2) is 0 Å². The smallest absolute Gasteiger partial charge is 0.346 e. The molecule has 0 spiro atoms. The van der Waals surface area contributed by atoms with Gasteiger partial charge in [0.15, 0.2) is 0 Å². The van der Waals surface area contributed by atoms with Gasteiger partial charge in [0.05, 0.1) is 32.1 Å². The summed E-state index contributed by atoms with van der Waals surface area (Å²) in [6, 6.07) is 11.4. The molecule has 0 radical (unpaired) electrons. The molecule has 1 amide bonds.